The number of nitrogens with zero attached hydrogens (tertiary/aromatic N) is 1. The predicted octanol–water partition coefficient (Wildman–Crippen LogP) is 5.54. The number of carbonyl (C=O) groups excluding carboxylic acids is 1. The number of halogens is 3. The summed E-state index contributed by atoms with van der Waals surface area (Å²) in [6, 6.07) is 10.8. The fraction of sp³-hybridized carbons (Fsp3) is 0.321. The number of alkyl halides is 3. The molecule has 0 bridgehead atoms. The van der Waals surface area contributed by atoms with Crippen molar-refractivity contribution < 1.29 is 41.7 Å². The Hall–Kier alpha value is -4.08. The lowest BCUT2D eigenvalue weighted by atomic mass is 9.86. The Morgan fingerprint density at radius 2 is 1.42 bits per heavy atom. The number of carbonyl (C=O) groups is 1. The van der Waals surface area contributed by atoms with Crippen molar-refractivity contribution in [3.05, 3.63) is 76.3 Å². The van der Waals surface area contributed by atoms with Crippen LogP contribution in [0.1, 0.15) is 38.7 Å². The smallest absolute Gasteiger partial charge is 0.416 e. The molecule has 202 valence electrons. The molecule has 0 fully saturated rings. The van der Waals surface area contributed by atoms with Gasteiger partial charge < -0.3 is 28.6 Å². The second-order valence-electron chi connectivity index (χ2n) is 8.59. The monoisotopic (exact) mass is 531 g/mol. The molecule has 3 aromatic carbocycles. The Morgan fingerprint density at radius 3 is 1.97 bits per heavy atom. The SMILES string of the molecule is COc1cc2c(cc1OC)[C@@H](c1cccc(C(F)(F)F)c1)N(C(=O)c1cc(OC)c(OC)c(OC)c1)CC2. The third kappa shape index (κ3) is 4.90. The fourth-order valence-corrected chi connectivity index (χ4v) is 4.78. The zero-order valence-electron chi connectivity index (χ0n) is 21.6. The van der Waals surface area contributed by atoms with Crippen LogP contribution in [0.5, 0.6) is 28.7 Å². The molecule has 1 aliphatic heterocycles. The molecule has 3 aromatic rings. The van der Waals surface area contributed by atoms with E-state index in [1.54, 1.807) is 23.1 Å². The minimum Gasteiger partial charge on any atom is -0.493 e. The van der Waals surface area contributed by atoms with Crippen molar-refractivity contribution in [1.29, 1.82) is 0 Å². The van der Waals surface area contributed by atoms with Crippen molar-refractivity contribution in [2.75, 3.05) is 42.1 Å². The molecule has 1 aliphatic rings. The molecule has 38 heavy (non-hydrogen) atoms. The van der Waals surface area contributed by atoms with E-state index in [2.05, 4.69) is 0 Å². The Labute approximate surface area is 218 Å². The van der Waals surface area contributed by atoms with Crippen LogP contribution in [0.2, 0.25) is 0 Å². The summed E-state index contributed by atoms with van der Waals surface area (Å²) in [4.78, 5) is 15.5. The number of fused-ring (bicyclic) bond motifs is 1. The highest BCUT2D eigenvalue weighted by molar-refractivity contribution is 5.96. The van der Waals surface area contributed by atoms with E-state index in [0.29, 0.717) is 34.8 Å². The van der Waals surface area contributed by atoms with Gasteiger partial charge in [0.05, 0.1) is 47.2 Å². The van der Waals surface area contributed by atoms with E-state index >= 15 is 0 Å². The number of amides is 1. The summed E-state index contributed by atoms with van der Waals surface area (Å²) in [5.74, 6) is 1.39. The van der Waals surface area contributed by atoms with Crippen molar-refractivity contribution in [1.82, 2.24) is 4.90 Å². The zero-order chi connectivity index (χ0) is 27.6. The molecule has 1 amide bonds. The van der Waals surface area contributed by atoms with E-state index in [0.717, 1.165) is 17.7 Å². The summed E-state index contributed by atoms with van der Waals surface area (Å²) in [7, 11) is 7.32. The van der Waals surface area contributed by atoms with Crippen molar-refractivity contribution in [2.24, 2.45) is 0 Å². The lowest BCUT2D eigenvalue weighted by molar-refractivity contribution is -0.137. The molecule has 0 spiro atoms. The number of benzene rings is 3. The number of hydrogen-bond donors (Lipinski definition) is 0. The van der Waals surface area contributed by atoms with Gasteiger partial charge in [-0.3, -0.25) is 4.79 Å². The van der Waals surface area contributed by atoms with E-state index in [1.165, 1.54) is 53.7 Å². The summed E-state index contributed by atoms with van der Waals surface area (Å²) < 4.78 is 68.0. The molecule has 0 saturated carbocycles. The van der Waals surface area contributed by atoms with Crippen molar-refractivity contribution in [3.63, 3.8) is 0 Å². The molecule has 0 aromatic heterocycles. The largest absolute Gasteiger partial charge is 0.493 e. The minimum atomic E-state index is -4.54. The lowest BCUT2D eigenvalue weighted by Crippen LogP contribution is -2.40. The van der Waals surface area contributed by atoms with Crippen LogP contribution in [-0.2, 0) is 12.6 Å². The van der Waals surface area contributed by atoms with Crippen LogP contribution in [-0.4, -0.2) is 52.9 Å². The number of hydrogen-bond acceptors (Lipinski definition) is 6. The van der Waals surface area contributed by atoms with Gasteiger partial charge in [0.25, 0.3) is 5.91 Å². The van der Waals surface area contributed by atoms with Crippen molar-refractivity contribution in [2.45, 2.75) is 18.6 Å². The van der Waals surface area contributed by atoms with Gasteiger partial charge in [-0.15, -0.1) is 0 Å². The molecule has 10 heteroatoms. The molecule has 0 aliphatic carbocycles. The molecule has 0 N–H and O–H groups in total. The fourth-order valence-electron chi connectivity index (χ4n) is 4.78. The molecular formula is C28H28F3NO6. The first kappa shape index (κ1) is 27.0. The predicted molar refractivity (Wildman–Crippen MR) is 134 cm³/mol. The maximum Gasteiger partial charge on any atom is 0.416 e. The molecule has 0 radical (unpaired) electrons. The first-order valence-corrected chi connectivity index (χ1v) is 11.7. The molecule has 1 heterocycles. The lowest BCUT2D eigenvalue weighted by Gasteiger charge is -2.38. The number of rotatable bonds is 7. The van der Waals surface area contributed by atoms with Crippen LogP contribution in [0.4, 0.5) is 13.2 Å². The molecule has 0 unspecified atom stereocenters. The van der Waals surface area contributed by atoms with Gasteiger partial charge in [-0.25, -0.2) is 0 Å². The van der Waals surface area contributed by atoms with E-state index in [-0.39, 0.29) is 23.6 Å². The van der Waals surface area contributed by atoms with Crippen molar-refractivity contribution >= 4 is 5.91 Å². The normalized spacial score (nSPS) is 14.9. The Kier molecular flexibility index (Phi) is 7.61. The average Bonchev–Trinajstić information content (AvgIpc) is 2.93. The maximum absolute atomic E-state index is 14.0. The van der Waals surface area contributed by atoms with Crippen LogP contribution in [0.15, 0.2) is 48.5 Å². The van der Waals surface area contributed by atoms with E-state index in [9.17, 15) is 18.0 Å². The summed E-state index contributed by atoms with van der Waals surface area (Å²) in [6.45, 7) is 0.249. The minimum absolute atomic E-state index is 0.236. The van der Waals surface area contributed by atoms with Crippen LogP contribution < -0.4 is 23.7 Å². The van der Waals surface area contributed by atoms with Crippen LogP contribution in [0.3, 0.4) is 0 Å². The van der Waals surface area contributed by atoms with Gasteiger partial charge in [0.15, 0.2) is 23.0 Å². The van der Waals surface area contributed by atoms with Crippen LogP contribution >= 0.6 is 0 Å². The first-order valence-electron chi connectivity index (χ1n) is 11.7. The van der Waals surface area contributed by atoms with Gasteiger partial charge in [-0.2, -0.15) is 13.2 Å². The standard InChI is InChI=1S/C28H28F3NO6/c1-34-21-12-16-9-10-32(27(33)18-13-23(36-3)26(38-5)24(14-18)37-4)25(20(16)15-22(21)35-2)17-7-6-8-19(11-17)28(29,30)31/h6-8,11-15,25H,9-10H2,1-5H3/t25-/m1/s1. The molecule has 4 rings (SSSR count). The quantitative estimate of drug-likeness (QED) is 0.399. The van der Waals surface area contributed by atoms with Gasteiger partial charge in [0.2, 0.25) is 5.75 Å². The van der Waals surface area contributed by atoms with Gasteiger partial charge in [-0.1, -0.05) is 12.1 Å². The summed E-state index contributed by atoms with van der Waals surface area (Å²) in [5.41, 5.74) is 1.24. The number of methoxy groups -OCH3 is 5. The van der Waals surface area contributed by atoms with Crippen LogP contribution in [0.25, 0.3) is 0 Å². The first-order chi connectivity index (χ1) is 18.2. The summed E-state index contributed by atoms with van der Waals surface area (Å²) in [6.07, 6.45) is -4.09. The molecule has 7 nitrogen and oxygen atoms in total. The van der Waals surface area contributed by atoms with E-state index in [4.69, 9.17) is 23.7 Å². The van der Waals surface area contributed by atoms with E-state index in [1.807, 2.05) is 0 Å². The highest BCUT2D eigenvalue weighted by atomic mass is 19.4. The van der Waals surface area contributed by atoms with Gasteiger partial charge >= 0.3 is 6.18 Å². The number of ether oxygens (including phenoxy) is 5. The highest BCUT2D eigenvalue weighted by Crippen LogP contribution is 2.44. The van der Waals surface area contributed by atoms with Gasteiger partial charge in [0.1, 0.15) is 0 Å². The summed E-state index contributed by atoms with van der Waals surface area (Å²) >= 11 is 0. The second-order valence-corrected chi connectivity index (χ2v) is 8.59. The van der Waals surface area contributed by atoms with Gasteiger partial charge in [0, 0.05) is 12.1 Å². The Morgan fingerprint density at radius 1 is 0.816 bits per heavy atom. The highest BCUT2D eigenvalue weighted by Gasteiger charge is 2.37. The Balaban J connectivity index is 1.90. The molecule has 1 atom stereocenters. The third-order valence-electron chi connectivity index (χ3n) is 6.58. The van der Waals surface area contributed by atoms with E-state index < -0.39 is 23.7 Å². The Bertz CT molecular complexity index is 1320. The van der Waals surface area contributed by atoms with Crippen LogP contribution in [0, 0.1) is 0 Å². The summed E-state index contributed by atoms with van der Waals surface area (Å²) in [5, 5.41) is 0. The van der Waals surface area contributed by atoms with Gasteiger partial charge in [-0.05, 0) is 59.5 Å². The maximum atomic E-state index is 14.0. The average molecular weight is 532 g/mol. The second kappa shape index (κ2) is 10.7. The molecular weight excluding hydrogens is 503 g/mol. The zero-order valence-corrected chi connectivity index (χ0v) is 21.6. The molecule has 0 saturated heterocycles. The topological polar surface area (TPSA) is 66.5 Å². The van der Waals surface area contributed by atoms with Crippen molar-refractivity contribution in [3.8, 4) is 28.7 Å². The third-order valence-corrected chi connectivity index (χ3v) is 6.58.